The fourth-order valence-corrected chi connectivity index (χ4v) is 3.56. The lowest BCUT2D eigenvalue weighted by Gasteiger charge is -2.28. The van der Waals surface area contributed by atoms with Crippen molar-refractivity contribution in [1.82, 2.24) is 10.2 Å². The lowest BCUT2D eigenvalue weighted by atomic mass is 10.2. The first kappa shape index (κ1) is 17.6. The maximum Gasteiger partial charge on any atom is 0.414 e. The van der Waals surface area contributed by atoms with Crippen molar-refractivity contribution in [2.75, 3.05) is 41.0 Å². The van der Waals surface area contributed by atoms with Gasteiger partial charge in [-0.3, -0.25) is 4.90 Å². The Bertz CT molecular complexity index is 891. The average molecular weight is 392 g/mol. The molecule has 1 fully saturated rings. The number of carbonyl (C=O) groups excluding carboxylic acids is 1. The number of hydrazone groups is 1. The van der Waals surface area contributed by atoms with Crippen LogP contribution in [-0.2, 0) is 4.74 Å². The highest BCUT2D eigenvalue weighted by atomic mass is 32.1. The largest absolute Gasteiger partial charge is 0.441 e. The maximum atomic E-state index is 14.7. The van der Waals surface area contributed by atoms with Gasteiger partial charge in [-0.25, -0.2) is 14.2 Å². The van der Waals surface area contributed by atoms with Crippen molar-refractivity contribution < 1.29 is 19.0 Å². The summed E-state index contributed by atoms with van der Waals surface area (Å²) in [6, 6.07) is 4.53. The van der Waals surface area contributed by atoms with Crippen LogP contribution < -0.4 is 14.8 Å². The van der Waals surface area contributed by atoms with Gasteiger partial charge in [-0.05, 0) is 25.1 Å². The van der Waals surface area contributed by atoms with E-state index in [0.717, 1.165) is 5.01 Å². The minimum atomic E-state index is -0.594. The second-order valence-electron chi connectivity index (χ2n) is 6.09. The van der Waals surface area contributed by atoms with E-state index in [1.165, 1.54) is 22.3 Å². The van der Waals surface area contributed by atoms with Crippen LogP contribution in [0.3, 0.4) is 0 Å². The van der Waals surface area contributed by atoms with Gasteiger partial charge < -0.3 is 14.7 Å². The number of hydrogen-bond acceptors (Lipinski definition) is 9. The molecule has 2 aromatic rings. The Morgan fingerprint density at radius 1 is 1.37 bits per heavy atom. The summed E-state index contributed by atoms with van der Waals surface area (Å²) in [4.78, 5) is 14.8. The van der Waals surface area contributed by atoms with Crippen molar-refractivity contribution >= 4 is 40.3 Å². The highest BCUT2D eigenvalue weighted by molar-refractivity contribution is 7.15. The lowest BCUT2D eigenvalue weighted by Crippen LogP contribution is -2.38. The SMILES string of the molecule is Cc1nnc(N2CCN(c3ccc(N4C[C@H](CO)OC4=O)cc3F)C=N2)s1. The molecule has 1 amide bonds. The number of cyclic esters (lactones) is 1. The van der Waals surface area contributed by atoms with E-state index in [1.807, 2.05) is 6.92 Å². The van der Waals surface area contributed by atoms with Crippen LogP contribution in [0.5, 0.6) is 0 Å². The van der Waals surface area contributed by atoms with Crippen LogP contribution in [0.15, 0.2) is 23.3 Å². The molecule has 1 N–H and O–H groups in total. The predicted octanol–water partition coefficient (Wildman–Crippen LogP) is 1.57. The van der Waals surface area contributed by atoms with Gasteiger partial charge in [0.25, 0.3) is 0 Å². The summed E-state index contributed by atoms with van der Waals surface area (Å²) in [5, 5.41) is 24.7. The van der Waals surface area contributed by atoms with E-state index in [0.29, 0.717) is 29.6 Å². The average Bonchev–Trinajstić information content (AvgIpc) is 3.27. The third-order valence-electron chi connectivity index (χ3n) is 4.25. The number of ether oxygens (including phenoxy) is 1. The zero-order valence-electron chi connectivity index (χ0n) is 14.4. The Morgan fingerprint density at radius 2 is 2.22 bits per heavy atom. The third-order valence-corrected chi connectivity index (χ3v) is 5.10. The number of aryl methyl sites for hydroxylation is 1. The molecule has 142 valence electrons. The molecular formula is C16H17FN6O3S. The topological polar surface area (TPSA) is 94.4 Å². The van der Waals surface area contributed by atoms with Crippen LogP contribution in [0.2, 0.25) is 0 Å². The molecular weight excluding hydrogens is 375 g/mol. The number of carbonyl (C=O) groups is 1. The highest BCUT2D eigenvalue weighted by Gasteiger charge is 2.32. The Balaban J connectivity index is 1.49. The first-order chi connectivity index (χ1) is 13.0. The predicted molar refractivity (Wildman–Crippen MR) is 98.9 cm³/mol. The van der Waals surface area contributed by atoms with Gasteiger partial charge in [0, 0.05) is 6.54 Å². The van der Waals surface area contributed by atoms with Gasteiger partial charge in [-0.2, -0.15) is 5.10 Å². The van der Waals surface area contributed by atoms with Crippen molar-refractivity contribution in [2.24, 2.45) is 5.10 Å². The number of aromatic nitrogens is 2. The van der Waals surface area contributed by atoms with Crippen molar-refractivity contribution in [3.63, 3.8) is 0 Å². The molecule has 1 aromatic carbocycles. The van der Waals surface area contributed by atoms with Crippen LogP contribution in [0.25, 0.3) is 0 Å². The van der Waals surface area contributed by atoms with Crippen molar-refractivity contribution in [2.45, 2.75) is 13.0 Å². The summed E-state index contributed by atoms with van der Waals surface area (Å²) in [7, 11) is 0. The molecule has 0 unspecified atom stereocenters. The molecule has 3 heterocycles. The summed E-state index contributed by atoms with van der Waals surface area (Å²) in [5.74, 6) is -0.473. The molecule has 9 nitrogen and oxygen atoms in total. The smallest absolute Gasteiger partial charge is 0.414 e. The fraction of sp³-hybridized carbons (Fsp3) is 0.375. The van der Waals surface area contributed by atoms with Crippen LogP contribution in [0, 0.1) is 12.7 Å². The molecule has 0 aliphatic carbocycles. The number of hydrogen-bond donors (Lipinski definition) is 1. The van der Waals surface area contributed by atoms with Crippen LogP contribution in [0.1, 0.15) is 5.01 Å². The number of benzene rings is 1. The van der Waals surface area contributed by atoms with E-state index < -0.39 is 18.0 Å². The lowest BCUT2D eigenvalue weighted by molar-refractivity contribution is 0.0963. The molecule has 1 atom stereocenters. The van der Waals surface area contributed by atoms with E-state index in [1.54, 1.807) is 28.4 Å². The quantitative estimate of drug-likeness (QED) is 0.844. The number of aliphatic hydroxyl groups excluding tert-OH is 1. The number of halogens is 1. The zero-order valence-corrected chi connectivity index (χ0v) is 15.3. The molecule has 1 aromatic heterocycles. The van der Waals surface area contributed by atoms with Gasteiger partial charge in [0.1, 0.15) is 23.3 Å². The summed E-state index contributed by atoms with van der Waals surface area (Å²) in [6.45, 7) is 2.86. The maximum absolute atomic E-state index is 14.7. The standard InChI is InChI=1S/C16H17FN6O3S/c1-10-19-20-15(27-10)23-5-4-21(9-18-23)14-3-2-11(6-13(14)17)22-7-12(8-24)26-16(22)25/h2-3,6,9,12,24H,4-5,7-8H2,1H3/t12-/m1/s1. The first-order valence-electron chi connectivity index (χ1n) is 8.32. The van der Waals surface area contributed by atoms with E-state index in [2.05, 4.69) is 15.3 Å². The normalized spacial score (nSPS) is 19.7. The molecule has 1 saturated heterocycles. The van der Waals surface area contributed by atoms with Gasteiger partial charge >= 0.3 is 6.09 Å². The first-order valence-corrected chi connectivity index (χ1v) is 9.14. The number of anilines is 3. The Morgan fingerprint density at radius 3 is 2.81 bits per heavy atom. The summed E-state index contributed by atoms with van der Waals surface area (Å²) >= 11 is 1.44. The van der Waals surface area contributed by atoms with Gasteiger partial charge in [-0.1, -0.05) is 11.3 Å². The van der Waals surface area contributed by atoms with Crippen LogP contribution in [0.4, 0.5) is 25.7 Å². The molecule has 0 bridgehead atoms. The summed E-state index contributed by atoms with van der Waals surface area (Å²) in [5.41, 5.74) is 0.749. The van der Waals surface area contributed by atoms with Gasteiger partial charge in [-0.15, -0.1) is 10.2 Å². The van der Waals surface area contributed by atoms with E-state index in [-0.39, 0.29) is 13.2 Å². The molecule has 2 aliphatic rings. The van der Waals surface area contributed by atoms with Crippen molar-refractivity contribution in [3.8, 4) is 0 Å². The second kappa shape index (κ2) is 7.08. The molecule has 2 aliphatic heterocycles. The summed E-state index contributed by atoms with van der Waals surface area (Å²) < 4.78 is 19.6. The Labute approximate surface area is 158 Å². The monoisotopic (exact) mass is 392 g/mol. The van der Waals surface area contributed by atoms with Gasteiger partial charge in [0.15, 0.2) is 0 Å². The number of nitrogens with zero attached hydrogens (tertiary/aromatic N) is 6. The minimum absolute atomic E-state index is 0.190. The van der Waals surface area contributed by atoms with E-state index >= 15 is 0 Å². The third kappa shape index (κ3) is 3.43. The number of aliphatic hydroxyl groups is 1. The molecule has 27 heavy (non-hydrogen) atoms. The molecule has 0 spiro atoms. The van der Waals surface area contributed by atoms with Crippen molar-refractivity contribution in [3.05, 3.63) is 29.0 Å². The van der Waals surface area contributed by atoms with Crippen LogP contribution >= 0.6 is 11.3 Å². The second-order valence-corrected chi connectivity index (χ2v) is 7.25. The molecule has 11 heteroatoms. The van der Waals surface area contributed by atoms with Gasteiger partial charge in [0.2, 0.25) is 5.13 Å². The molecule has 0 saturated carbocycles. The van der Waals surface area contributed by atoms with Crippen molar-refractivity contribution in [1.29, 1.82) is 0 Å². The van der Waals surface area contributed by atoms with E-state index in [9.17, 15) is 9.18 Å². The number of rotatable bonds is 4. The van der Waals surface area contributed by atoms with Crippen LogP contribution in [-0.4, -0.2) is 60.1 Å². The summed E-state index contributed by atoms with van der Waals surface area (Å²) in [6.07, 6.45) is 0.359. The minimum Gasteiger partial charge on any atom is -0.441 e. The Kier molecular flexibility index (Phi) is 4.62. The fourth-order valence-electron chi connectivity index (χ4n) is 2.88. The van der Waals surface area contributed by atoms with Gasteiger partial charge in [0.05, 0.1) is 31.1 Å². The molecule has 4 rings (SSSR count). The zero-order chi connectivity index (χ0) is 19.0. The van der Waals surface area contributed by atoms with E-state index in [4.69, 9.17) is 9.84 Å². The number of amides is 1. The highest BCUT2D eigenvalue weighted by Crippen LogP contribution is 2.29. The molecule has 0 radical (unpaired) electrons. The Hall–Kier alpha value is -2.79.